The highest BCUT2D eigenvalue weighted by atomic mass is 19.3. The summed E-state index contributed by atoms with van der Waals surface area (Å²) in [7, 11) is 1.34. The topological polar surface area (TPSA) is 68.7 Å². The van der Waals surface area contributed by atoms with Crippen LogP contribution in [-0.4, -0.2) is 48.4 Å². The Morgan fingerprint density at radius 3 is 2.74 bits per heavy atom. The molecule has 27 heavy (non-hydrogen) atoms. The average Bonchev–Trinajstić information content (AvgIpc) is 2.69. The number of aromatic nitrogens is 1. The van der Waals surface area contributed by atoms with Crippen LogP contribution in [0, 0.1) is 0 Å². The van der Waals surface area contributed by atoms with Crippen molar-refractivity contribution < 1.29 is 27.9 Å². The van der Waals surface area contributed by atoms with E-state index in [0.29, 0.717) is 11.8 Å². The molecule has 0 bridgehead atoms. The van der Waals surface area contributed by atoms with Gasteiger partial charge in [-0.2, -0.15) is 0 Å². The molecule has 2 heterocycles. The molecule has 1 aromatic carbocycles. The van der Waals surface area contributed by atoms with Gasteiger partial charge in [-0.05, 0) is 23.8 Å². The van der Waals surface area contributed by atoms with Gasteiger partial charge in [0.25, 0.3) is 5.92 Å². The lowest BCUT2D eigenvalue weighted by molar-refractivity contribution is -0.175. The van der Waals surface area contributed by atoms with E-state index < -0.39 is 24.2 Å². The number of pyridine rings is 1. The number of hydrogen-bond donors (Lipinski definition) is 0. The van der Waals surface area contributed by atoms with Crippen molar-refractivity contribution in [2.45, 2.75) is 18.3 Å². The maximum Gasteiger partial charge on any atom is 0.357 e. The Balaban J connectivity index is 1.80. The van der Waals surface area contributed by atoms with Gasteiger partial charge in [-0.3, -0.25) is 4.79 Å². The Bertz CT molecular complexity index is 830. The van der Waals surface area contributed by atoms with Crippen LogP contribution in [0.25, 0.3) is 0 Å². The van der Waals surface area contributed by atoms with E-state index in [1.165, 1.54) is 24.4 Å². The standard InChI is InChI=1S/C19H18F2N2O4/c1-26-17-15(12-24)9-14(10-22-17)16-11-23(8-7-19(16,20)21)27-18(25)13-5-3-2-4-6-13/h2-6,9-10,12,16H,7-8,11H2,1H3. The van der Waals surface area contributed by atoms with Crippen LogP contribution in [0.15, 0.2) is 42.6 Å². The second-order valence-electron chi connectivity index (χ2n) is 6.18. The number of ether oxygens (including phenoxy) is 1. The van der Waals surface area contributed by atoms with Crippen molar-refractivity contribution in [2.75, 3.05) is 20.2 Å². The number of rotatable bonds is 5. The second kappa shape index (κ2) is 7.79. The molecule has 8 heteroatoms. The number of methoxy groups -OCH3 is 1. The molecule has 6 nitrogen and oxygen atoms in total. The molecule has 0 radical (unpaired) electrons. The summed E-state index contributed by atoms with van der Waals surface area (Å²) in [5.41, 5.74) is 0.605. The highest BCUT2D eigenvalue weighted by Gasteiger charge is 2.46. The second-order valence-corrected chi connectivity index (χ2v) is 6.18. The Kier molecular flexibility index (Phi) is 5.46. The summed E-state index contributed by atoms with van der Waals surface area (Å²) in [5.74, 6) is -4.83. The van der Waals surface area contributed by atoms with Crippen molar-refractivity contribution >= 4 is 12.3 Å². The van der Waals surface area contributed by atoms with E-state index in [4.69, 9.17) is 9.57 Å². The molecule has 142 valence electrons. The van der Waals surface area contributed by atoms with E-state index in [9.17, 15) is 18.4 Å². The normalized spacial score (nSPS) is 19.3. The Labute approximate surface area is 154 Å². The number of piperidine rings is 1. The molecule has 2 aromatic rings. The van der Waals surface area contributed by atoms with Crippen molar-refractivity contribution in [1.29, 1.82) is 0 Å². The number of hydrogen-bond acceptors (Lipinski definition) is 6. The van der Waals surface area contributed by atoms with E-state index in [1.54, 1.807) is 30.3 Å². The fourth-order valence-corrected chi connectivity index (χ4v) is 2.98. The zero-order valence-electron chi connectivity index (χ0n) is 14.6. The number of carbonyl (C=O) groups excluding carboxylic acids is 2. The Morgan fingerprint density at radius 2 is 2.07 bits per heavy atom. The maximum absolute atomic E-state index is 14.5. The summed E-state index contributed by atoms with van der Waals surface area (Å²) in [5, 5.41) is 1.22. The molecule has 1 unspecified atom stereocenters. The van der Waals surface area contributed by atoms with Crippen LogP contribution in [0.5, 0.6) is 5.88 Å². The summed E-state index contributed by atoms with van der Waals surface area (Å²) in [6.45, 7) is -0.302. The zero-order valence-corrected chi connectivity index (χ0v) is 14.6. The summed E-state index contributed by atoms with van der Waals surface area (Å²) >= 11 is 0. The summed E-state index contributed by atoms with van der Waals surface area (Å²) < 4.78 is 33.9. The summed E-state index contributed by atoms with van der Waals surface area (Å²) in [4.78, 5) is 32.5. The first kappa shape index (κ1) is 18.9. The molecule has 0 spiro atoms. The highest BCUT2D eigenvalue weighted by molar-refractivity contribution is 5.89. The first-order chi connectivity index (χ1) is 12.9. The maximum atomic E-state index is 14.5. The van der Waals surface area contributed by atoms with Crippen LogP contribution < -0.4 is 4.74 Å². The first-order valence-corrected chi connectivity index (χ1v) is 8.34. The molecule has 1 saturated heterocycles. The predicted molar refractivity (Wildman–Crippen MR) is 91.9 cm³/mol. The van der Waals surface area contributed by atoms with Crippen LogP contribution in [0.1, 0.15) is 38.6 Å². The molecular weight excluding hydrogens is 358 g/mol. The number of alkyl halides is 2. The van der Waals surface area contributed by atoms with Gasteiger partial charge in [0.05, 0.1) is 24.2 Å². The third-order valence-electron chi connectivity index (χ3n) is 4.43. The van der Waals surface area contributed by atoms with Crippen LogP contribution >= 0.6 is 0 Å². The number of nitrogens with zero attached hydrogens (tertiary/aromatic N) is 2. The van der Waals surface area contributed by atoms with Gasteiger partial charge in [0, 0.05) is 25.7 Å². The van der Waals surface area contributed by atoms with E-state index in [-0.39, 0.29) is 30.1 Å². The molecule has 1 fully saturated rings. The molecule has 1 aromatic heterocycles. The van der Waals surface area contributed by atoms with Gasteiger partial charge in [0.1, 0.15) is 0 Å². The molecule has 0 N–H and O–H groups in total. The smallest absolute Gasteiger partial charge is 0.357 e. The van der Waals surface area contributed by atoms with Crippen molar-refractivity contribution in [1.82, 2.24) is 10.0 Å². The summed E-state index contributed by atoms with van der Waals surface area (Å²) in [6, 6.07) is 9.64. The quantitative estimate of drug-likeness (QED) is 0.747. The zero-order chi connectivity index (χ0) is 19.4. The monoisotopic (exact) mass is 376 g/mol. The van der Waals surface area contributed by atoms with Crippen molar-refractivity contribution in [2.24, 2.45) is 0 Å². The number of hydroxylamine groups is 2. The lowest BCUT2D eigenvalue weighted by Crippen LogP contribution is -2.46. The van der Waals surface area contributed by atoms with E-state index >= 15 is 0 Å². The van der Waals surface area contributed by atoms with Crippen molar-refractivity contribution in [3.63, 3.8) is 0 Å². The van der Waals surface area contributed by atoms with Crippen LogP contribution in [-0.2, 0) is 4.84 Å². The molecular formula is C19H18F2N2O4. The van der Waals surface area contributed by atoms with Crippen molar-refractivity contribution in [3.05, 3.63) is 59.3 Å². The molecule has 1 aliphatic rings. The van der Waals surface area contributed by atoms with E-state index in [2.05, 4.69) is 4.98 Å². The van der Waals surface area contributed by atoms with Crippen molar-refractivity contribution in [3.8, 4) is 5.88 Å². The number of carbonyl (C=O) groups is 2. The minimum atomic E-state index is -3.02. The molecule has 1 aliphatic heterocycles. The van der Waals surface area contributed by atoms with Crippen LogP contribution in [0.2, 0.25) is 0 Å². The number of halogens is 2. The van der Waals surface area contributed by atoms with Gasteiger partial charge in [-0.1, -0.05) is 18.2 Å². The van der Waals surface area contributed by atoms with Crippen LogP contribution in [0.4, 0.5) is 8.78 Å². The fraction of sp³-hybridized carbons (Fsp3) is 0.316. The van der Waals surface area contributed by atoms with E-state index in [0.717, 1.165) is 0 Å². The Hall–Kier alpha value is -2.87. The van der Waals surface area contributed by atoms with Gasteiger partial charge in [0.15, 0.2) is 6.29 Å². The highest BCUT2D eigenvalue weighted by Crippen LogP contribution is 2.40. The lowest BCUT2D eigenvalue weighted by atomic mass is 9.88. The van der Waals surface area contributed by atoms with E-state index in [1.807, 2.05) is 0 Å². The van der Waals surface area contributed by atoms with Gasteiger partial charge in [-0.25, -0.2) is 18.6 Å². The predicted octanol–water partition coefficient (Wildman–Crippen LogP) is 3.10. The van der Waals surface area contributed by atoms with Gasteiger partial charge in [0.2, 0.25) is 5.88 Å². The lowest BCUT2D eigenvalue weighted by Gasteiger charge is -2.37. The number of aldehydes is 1. The van der Waals surface area contributed by atoms with Crippen LogP contribution in [0.3, 0.4) is 0 Å². The molecule has 3 rings (SSSR count). The molecule has 0 saturated carbocycles. The number of benzene rings is 1. The minimum Gasteiger partial charge on any atom is -0.480 e. The van der Waals surface area contributed by atoms with Gasteiger partial charge < -0.3 is 9.57 Å². The minimum absolute atomic E-state index is 0.0697. The van der Waals surface area contributed by atoms with Gasteiger partial charge >= 0.3 is 5.97 Å². The fourth-order valence-electron chi connectivity index (χ4n) is 2.98. The first-order valence-electron chi connectivity index (χ1n) is 8.34. The SMILES string of the molecule is COc1ncc(C2CN(OC(=O)c3ccccc3)CCC2(F)F)cc1C=O. The van der Waals surface area contributed by atoms with Gasteiger partial charge in [-0.15, -0.1) is 5.06 Å². The molecule has 0 aliphatic carbocycles. The largest absolute Gasteiger partial charge is 0.480 e. The summed E-state index contributed by atoms with van der Waals surface area (Å²) in [6.07, 6.45) is 1.28. The third-order valence-corrected chi connectivity index (χ3v) is 4.43. The molecule has 0 amide bonds. The Morgan fingerprint density at radius 1 is 1.33 bits per heavy atom. The third kappa shape index (κ3) is 4.11. The average molecular weight is 376 g/mol. The molecule has 1 atom stereocenters.